The summed E-state index contributed by atoms with van der Waals surface area (Å²) in [5.74, 6) is 1.72. The van der Waals surface area contributed by atoms with Gasteiger partial charge in [0.25, 0.3) is 0 Å². The number of morpholine rings is 1. The maximum Gasteiger partial charge on any atom is 0.226 e. The molecule has 0 aromatic heterocycles. The van der Waals surface area contributed by atoms with Crippen LogP contribution < -0.4 is 4.74 Å². The van der Waals surface area contributed by atoms with Crippen LogP contribution in [0.2, 0.25) is 0 Å². The fraction of sp³-hybridized carbons (Fsp3) is 0.600. The second kappa shape index (κ2) is 5.31. The molecule has 2 aliphatic heterocycles. The lowest BCUT2D eigenvalue weighted by atomic mass is 9.84. The summed E-state index contributed by atoms with van der Waals surface area (Å²) in [7, 11) is 0. The van der Waals surface area contributed by atoms with Crippen LogP contribution in [0.1, 0.15) is 35.2 Å². The largest absolute Gasteiger partial charge is 0.486 e. The van der Waals surface area contributed by atoms with E-state index in [9.17, 15) is 9.59 Å². The molecule has 25 heavy (non-hydrogen) atoms. The first-order chi connectivity index (χ1) is 12.1. The minimum Gasteiger partial charge on any atom is -0.486 e. The highest BCUT2D eigenvalue weighted by atomic mass is 16.5. The molecule has 4 aliphatic rings. The van der Waals surface area contributed by atoms with Crippen molar-refractivity contribution in [3.05, 3.63) is 29.3 Å². The number of hydrogen-bond donors (Lipinski definition) is 0. The maximum absolute atomic E-state index is 12.9. The van der Waals surface area contributed by atoms with Crippen LogP contribution in [0.15, 0.2) is 18.2 Å². The molecule has 1 amide bonds. The quantitative estimate of drug-likeness (QED) is 0.786. The second-order valence-electron chi connectivity index (χ2n) is 7.96. The number of hydrogen-bond acceptors (Lipinski definition) is 4. The summed E-state index contributed by atoms with van der Waals surface area (Å²) in [5, 5.41) is 0. The van der Waals surface area contributed by atoms with Crippen molar-refractivity contribution >= 4 is 11.7 Å². The van der Waals surface area contributed by atoms with Crippen molar-refractivity contribution in [2.24, 2.45) is 17.8 Å². The van der Waals surface area contributed by atoms with Crippen LogP contribution in [0.3, 0.4) is 0 Å². The van der Waals surface area contributed by atoms with Crippen LogP contribution in [0.4, 0.5) is 0 Å². The van der Waals surface area contributed by atoms with Gasteiger partial charge in [0, 0.05) is 24.9 Å². The van der Waals surface area contributed by atoms with Gasteiger partial charge in [0.15, 0.2) is 5.78 Å². The number of Topliss-reactive ketones (excluding diaryl/α,β-unsaturated/α-hetero) is 1. The predicted octanol–water partition coefficient (Wildman–Crippen LogP) is 2.21. The van der Waals surface area contributed by atoms with Gasteiger partial charge < -0.3 is 14.4 Å². The Morgan fingerprint density at radius 3 is 2.88 bits per heavy atom. The zero-order valence-electron chi connectivity index (χ0n) is 14.5. The third-order valence-corrected chi connectivity index (χ3v) is 6.49. The fourth-order valence-corrected chi connectivity index (χ4v) is 5.26. The normalized spacial score (nSPS) is 36.0. The Bertz CT molecular complexity index is 754. The van der Waals surface area contributed by atoms with Gasteiger partial charge in [-0.2, -0.15) is 0 Å². The van der Waals surface area contributed by atoms with E-state index >= 15 is 0 Å². The number of carbonyl (C=O) groups is 2. The minimum atomic E-state index is -0.462. The lowest BCUT2D eigenvalue weighted by Crippen LogP contribution is -2.46. The molecular weight excluding hydrogens is 318 g/mol. The average molecular weight is 341 g/mol. The maximum atomic E-state index is 12.9. The summed E-state index contributed by atoms with van der Waals surface area (Å²) >= 11 is 0. The summed E-state index contributed by atoms with van der Waals surface area (Å²) in [6.07, 6.45) is 2.28. The van der Waals surface area contributed by atoms with Crippen LogP contribution in [0, 0.1) is 24.7 Å². The molecule has 1 aromatic carbocycles. The Labute approximate surface area is 147 Å². The average Bonchev–Trinajstić information content (AvgIpc) is 3.27. The lowest BCUT2D eigenvalue weighted by Gasteiger charge is -2.37. The molecular formula is C20H23NO4. The molecule has 132 valence electrons. The van der Waals surface area contributed by atoms with Crippen LogP contribution in [0.5, 0.6) is 5.75 Å². The van der Waals surface area contributed by atoms with Gasteiger partial charge in [-0.1, -0.05) is 11.6 Å². The van der Waals surface area contributed by atoms with Gasteiger partial charge in [0.05, 0.1) is 25.2 Å². The van der Waals surface area contributed by atoms with E-state index in [0.717, 1.165) is 18.4 Å². The van der Waals surface area contributed by atoms with Gasteiger partial charge in [-0.25, -0.2) is 0 Å². The van der Waals surface area contributed by atoms with E-state index < -0.39 is 5.60 Å². The lowest BCUT2D eigenvalue weighted by molar-refractivity contribution is -0.138. The number of amides is 1. The molecule has 1 saturated heterocycles. The van der Waals surface area contributed by atoms with E-state index in [1.54, 1.807) is 0 Å². The number of nitrogens with zero attached hydrogens (tertiary/aromatic N) is 1. The Balaban J connectivity index is 1.39. The van der Waals surface area contributed by atoms with Gasteiger partial charge >= 0.3 is 0 Å². The summed E-state index contributed by atoms with van der Waals surface area (Å²) in [4.78, 5) is 27.6. The molecule has 1 spiro atoms. The number of aryl methyl sites for hydroxylation is 1. The first-order valence-corrected chi connectivity index (χ1v) is 9.28. The molecule has 0 bridgehead atoms. The summed E-state index contributed by atoms with van der Waals surface area (Å²) in [5.41, 5.74) is 1.31. The molecule has 3 fully saturated rings. The van der Waals surface area contributed by atoms with Gasteiger partial charge in [-0.3, -0.25) is 9.59 Å². The van der Waals surface area contributed by atoms with Crippen molar-refractivity contribution in [1.82, 2.24) is 4.90 Å². The molecule has 5 rings (SSSR count). The van der Waals surface area contributed by atoms with E-state index in [1.807, 2.05) is 30.0 Å². The summed E-state index contributed by atoms with van der Waals surface area (Å²) in [6.45, 7) is 4.61. The monoisotopic (exact) mass is 341 g/mol. The minimum absolute atomic E-state index is 0.0339. The summed E-state index contributed by atoms with van der Waals surface area (Å²) in [6, 6.07) is 5.82. The standard InChI is InChI=1S/C20H23NO4/c1-12-2-3-16-14(10-12)15(22)11-20(25-16)5-4-13-17(18(13)20)19(23)21-6-8-24-9-7-21/h2-3,10,13,17-18H,4-9,11H2,1H3/t13-,17+,18-,20+/m1/s1. The van der Waals surface area contributed by atoms with Crippen molar-refractivity contribution in [1.29, 1.82) is 0 Å². The predicted molar refractivity (Wildman–Crippen MR) is 90.6 cm³/mol. The van der Waals surface area contributed by atoms with Gasteiger partial charge in [-0.05, 0) is 37.8 Å². The molecule has 2 saturated carbocycles. The first kappa shape index (κ1) is 15.4. The molecule has 2 aliphatic carbocycles. The smallest absolute Gasteiger partial charge is 0.226 e. The zero-order valence-corrected chi connectivity index (χ0v) is 14.5. The van der Waals surface area contributed by atoms with Crippen molar-refractivity contribution in [2.45, 2.75) is 31.8 Å². The van der Waals surface area contributed by atoms with Crippen molar-refractivity contribution in [3.8, 4) is 5.75 Å². The highest BCUT2D eigenvalue weighted by Gasteiger charge is 2.71. The molecule has 0 N–H and O–H groups in total. The van der Waals surface area contributed by atoms with Crippen LogP contribution >= 0.6 is 0 Å². The third-order valence-electron chi connectivity index (χ3n) is 6.49. The molecule has 1 aromatic rings. The SMILES string of the molecule is Cc1ccc2c(c1)C(=O)C[C@]1(CC[C@@H]3[C@H](C(=O)N4CCOCC4)[C@@H]31)O2. The Morgan fingerprint density at radius 2 is 2.08 bits per heavy atom. The number of benzene rings is 1. The van der Waals surface area contributed by atoms with E-state index in [-0.39, 0.29) is 23.5 Å². The highest BCUT2D eigenvalue weighted by molar-refractivity contribution is 6.01. The van der Waals surface area contributed by atoms with Crippen molar-refractivity contribution < 1.29 is 19.1 Å². The Kier molecular flexibility index (Phi) is 3.26. The second-order valence-corrected chi connectivity index (χ2v) is 7.96. The van der Waals surface area contributed by atoms with E-state index in [4.69, 9.17) is 9.47 Å². The number of ether oxygens (including phenoxy) is 2. The summed E-state index contributed by atoms with van der Waals surface area (Å²) < 4.78 is 11.8. The van der Waals surface area contributed by atoms with Crippen LogP contribution in [0.25, 0.3) is 0 Å². The first-order valence-electron chi connectivity index (χ1n) is 9.28. The van der Waals surface area contributed by atoms with Crippen LogP contribution in [-0.4, -0.2) is 48.5 Å². The third kappa shape index (κ3) is 2.25. The number of carbonyl (C=O) groups excluding carboxylic acids is 2. The molecule has 4 atom stereocenters. The van der Waals surface area contributed by atoms with Gasteiger partial charge in [-0.15, -0.1) is 0 Å². The number of rotatable bonds is 1. The van der Waals surface area contributed by atoms with Gasteiger partial charge in [0.1, 0.15) is 11.4 Å². The fourth-order valence-electron chi connectivity index (χ4n) is 5.26. The molecule has 0 radical (unpaired) electrons. The number of fused-ring (bicyclic) bond motifs is 3. The highest BCUT2D eigenvalue weighted by Crippen LogP contribution is 2.66. The zero-order chi connectivity index (χ0) is 17.2. The Morgan fingerprint density at radius 1 is 1.28 bits per heavy atom. The molecule has 2 heterocycles. The molecule has 5 heteroatoms. The van der Waals surface area contributed by atoms with E-state index in [2.05, 4.69) is 0 Å². The molecule has 0 unspecified atom stereocenters. The van der Waals surface area contributed by atoms with Crippen LogP contribution in [-0.2, 0) is 9.53 Å². The Hall–Kier alpha value is -1.88. The molecule has 5 nitrogen and oxygen atoms in total. The van der Waals surface area contributed by atoms with Gasteiger partial charge in [0.2, 0.25) is 5.91 Å². The van der Waals surface area contributed by atoms with E-state index in [0.29, 0.717) is 50.0 Å². The van der Waals surface area contributed by atoms with E-state index in [1.165, 1.54) is 0 Å². The number of ketones is 1. The topological polar surface area (TPSA) is 55.8 Å². The van der Waals surface area contributed by atoms with Crippen molar-refractivity contribution in [2.75, 3.05) is 26.3 Å². The van der Waals surface area contributed by atoms with Crippen molar-refractivity contribution in [3.63, 3.8) is 0 Å².